The van der Waals surface area contributed by atoms with Crippen LogP contribution in [0.5, 0.6) is 0 Å². The van der Waals surface area contributed by atoms with Crippen molar-refractivity contribution in [3.8, 4) is 0 Å². The summed E-state index contributed by atoms with van der Waals surface area (Å²) in [5, 5.41) is 0.941. The molecule has 1 aromatic rings. The molecule has 0 aromatic heterocycles. The lowest BCUT2D eigenvalue weighted by Gasteiger charge is -2.25. The molecule has 0 N–H and O–H groups in total. The highest BCUT2D eigenvalue weighted by molar-refractivity contribution is 9.08. The Morgan fingerprint density at radius 1 is 1.18 bits per heavy atom. The minimum absolute atomic E-state index is 0.941. The third-order valence-corrected chi connectivity index (χ3v) is 4.12. The molecule has 1 aromatic carbocycles. The van der Waals surface area contributed by atoms with Crippen LogP contribution in [-0.2, 0) is 5.33 Å². The summed E-state index contributed by atoms with van der Waals surface area (Å²) in [7, 11) is 2.21. The van der Waals surface area contributed by atoms with Gasteiger partial charge in [-0.2, -0.15) is 0 Å². The van der Waals surface area contributed by atoms with Gasteiger partial charge in [0.15, 0.2) is 0 Å². The van der Waals surface area contributed by atoms with Crippen LogP contribution in [0.15, 0.2) is 18.2 Å². The van der Waals surface area contributed by atoms with E-state index in [0.29, 0.717) is 0 Å². The number of likely N-dealkylation sites (N-methyl/N-ethyl adjacent to an activating group) is 1. The average Bonchev–Trinajstić information content (AvgIpc) is 2.54. The summed E-state index contributed by atoms with van der Waals surface area (Å²) >= 11 is 3.51. The molecule has 17 heavy (non-hydrogen) atoms. The second-order valence-corrected chi connectivity index (χ2v) is 5.46. The molecule has 94 valence electrons. The maximum absolute atomic E-state index is 3.51. The van der Waals surface area contributed by atoms with Crippen LogP contribution in [-0.4, -0.2) is 38.1 Å². The Morgan fingerprint density at radius 3 is 2.71 bits per heavy atom. The van der Waals surface area contributed by atoms with Gasteiger partial charge in [0.2, 0.25) is 0 Å². The molecule has 0 bridgehead atoms. The van der Waals surface area contributed by atoms with Crippen LogP contribution in [0.4, 0.5) is 5.69 Å². The van der Waals surface area contributed by atoms with Gasteiger partial charge in [-0.1, -0.05) is 28.1 Å². The number of alkyl halides is 1. The molecule has 2 rings (SSSR count). The summed E-state index contributed by atoms with van der Waals surface area (Å²) < 4.78 is 0. The van der Waals surface area contributed by atoms with E-state index in [1.807, 2.05) is 0 Å². The summed E-state index contributed by atoms with van der Waals surface area (Å²) in [4.78, 5) is 4.94. The van der Waals surface area contributed by atoms with Crippen molar-refractivity contribution in [2.45, 2.75) is 18.7 Å². The zero-order valence-electron chi connectivity index (χ0n) is 10.7. The van der Waals surface area contributed by atoms with Gasteiger partial charge in [0.1, 0.15) is 0 Å². The Kier molecular flexibility index (Phi) is 4.46. The van der Waals surface area contributed by atoms with Crippen LogP contribution in [0.3, 0.4) is 0 Å². The van der Waals surface area contributed by atoms with Crippen molar-refractivity contribution in [3.05, 3.63) is 29.3 Å². The molecule has 1 heterocycles. The second kappa shape index (κ2) is 5.87. The number of hydrogen-bond donors (Lipinski definition) is 0. The van der Waals surface area contributed by atoms with Gasteiger partial charge in [-0.3, -0.25) is 0 Å². The number of aryl methyl sites for hydroxylation is 1. The molecule has 1 aliphatic rings. The molecule has 1 aliphatic heterocycles. The lowest BCUT2D eigenvalue weighted by Crippen LogP contribution is -2.29. The number of anilines is 1. The van der Waals surface area contributed by atoms with Crippen molar-refractivity contribution in [2.75, 3.05) is 38.1 Å². The van der Waals surface area contributed by atoms with Gasteiger partial charge in [-0.05, 0) is 44.1 Å². The van der Waals surface area contributed by atoms with Gasteiger partial charge in [-0.15, -0.1) is 0 Å². The van der Waals surface area contributed by atoms with Crippen LogP contribution in [0.2, 0.25) is 0 Å². The lowest BCUT2D eigenvalue weighted by atomic mass is 10.1. The lowest BCUT2D eigenvalue weighted by molar-refractivity contribution is 0.360. The van der Waals surface area contributed by atoms with Crippen molar-refractivity contribution in [2.24, 2.45) is 0 Å². The standard InChI is InChI=1S/C14H21BrN2/c1-12-10-13(11-15)4-5-14(12)17-7-3-6-16(2)8-9-17/h4-5,10H,3,6-9,11H2,1-2H3. The molecular weight excluding hydrogens is 276 g/mol. The third-order valence-electron chi connectivity index (χ3n) is 3.48. The molecule has 0 atom stereocenters. The van der Waals surface area contributed by atoms with Crippen LogP contribution >= 0.6 is 15.9 Å². The maximum atomic E-state index is 3.51. The summed E-state index contributed by atoms with van der Waals surface area (Å²) in [6.07, 6.45) is 1.26. The molecule has 3 heteroatoms. The van der Waals surface area contributed by atoms with E-state index in [1.165, 1.54) is 42.9 Å². The smallest absolute Gasteiger partial charge is 0.0396 e. The zero-order chi connectivity index (χ0) is 12.3. The summed E-state index contributed by atoms with van der Waals surface area (Å²) in [6, 6.07) is 6.79. The quantitative estimate of drug-likeness (QED) is 0.774. The SMILES string of the molecule is Cc1cc(CBr)ccc1N1CCCN(C)CC1. The fraction of sp³-hybridized carbons (Fsp3) is 0.571. The Morgan fingerprint density at radius 2 is 2.00 bits per heavy atom. The predicted molar refractivity (Wildman–Crippen MR) is 78.1 cm³/mol. The Labute approximate surface area is 113 Å². The Balaban J connectivity index is 2.15. The van der Waals surface area contributed by atoms with Crippen LogP contribution in [0.1, 0.15) is 17.5 Å². The van der Waals surface area contributed by atoms with Crippen molar-refractivity contribution >= 4 is 21.6 Å². The van der Waals surface area contributed by atoms with Gasteiger partial charge < -0.3 is 9.80 Å². The topological polar surface area (TPSA) is 6.48 Å². The monoisotopic (exact) mass is 296 g/mol. The summed E-state index contributed by atoms with van der Waals surface area (Å²) in [6.45, 7) is 6.93. The van der Waals surface area contributed by atoms with Crippen molar-refractivity contribution in [3.63, 3.8) is 0 Å². The number of rotatable bonds is 2. The zero-order valence-corrected chi connectivity index (χ0v) is 12.3. The first kappa shape index (κ1) is 12.9. The predicted octanol–water partition coefficient (Wildman–Crippen LogP) is 3.03. The number of nitrogens with zero attached hydrogens (tertiary/aromatic N) is 2. The molecule has 2 nitrogen and oxygen atoms in total. The number of hydrogen-bond acceptors (Lipinski definition) is 2. The molecule has 0 amide bonds. The fourth-order valence-electron chi connectivity index (χ4n) is 2.44. The first-order chi connectivity index (χ1) is 8.20. The van der Waals surface area contributed by atoms with Crippen LogP contribution in [0, 0.1) is 6.92 Å². The molecule has 0 radical (unpaired) electrons. The highest BCUT2D eigenvalue weighted by Crippen LogP contribution is 2.23. The normalized spacial score (nSPS) is 18.2. The Hall–Kier alpha value is -0.540. The molecule has 1 fully saturated rings. The molecule has 0 unspecified atom stereocenters. The second-order valence-electron chi connectivity index (χ2n) is 4.90. The molecule has 0 aliphatic carbocycles. The Bertz CT molecular complexity index is 378. The van der Waals surface area contributed by atoms with Gasteiger partial charge in [0, 0.05) is 30.7 Å². The van der Waals surface area contributed by atoms with E-state index in [9.17, 15) is 0 Å². The highest BCUT2D eigenvalue weighted by Gasteiger charge is 2.14. The average molecular weight is 297 g/mol. The van der Waals surface area contributed by atoms with Crippen LogP contribution in [0.25, 0.3) is 0 Å². The number of benzene rings is 1. The minimum Gasteiger partial charge on any atom is -0.370 e. The largest absolute Gasteiger partial charge is 0.370 e. The summed E-state index contributed by atoms with van der Waals surface area (Å²) in [5.74, 6) is 0. The third kappa shape index (κ3) is 3.23. The van der Waals surface area contributed by atoms with Gasteiger partial charge in [0.25, 0.3) is 0 Å². The van der Waals surface area contributed by atoms with E-state index in [2.05, 4.69) is 57.9 Å². The van der Waals surface area contributed by atoms with Gasteiger partial charge >= 0.3 is 0 Å². The minimum atomic E-state index is 0.941. The first-order valence-corrected chi connectivity index (χ1v) is 7.42. The summed E-state index contributed by atoms with van der Waals surface area (Å²) in [5.41, 5.74) is 4.16. The fourth-order valence-corrected chi connectivity index (χ4v) is 2.79. The van der Waals surface area contributed by atoms with Crippen molar-refractivity contribution in [1.82, 2.24) is 4.90 Å². The van der Waals surface area contributed by atoms with E-state index in [0.717, 1.165) is 11.9 Å². The maximum Gasteiger partial charge on any atom is 0.0396 e. The first-order valence-electron chi connectivity index (χ1n) is 6.29. The molecule has 0 saturated carbocycles. The van der Waals surface area contributed by atoms with E-state index >= 15 is 0 Å². The number of halogens is 1. The molecule has 0 spiro atoms. The van der Waals surface area contributed by atoms with E-state index in [-0.39, 0.29) is 0 Å². The van der Waals surface area contributed by atoms with Crippen LogP contribution < -0.4 is 4.90 Å². The highest BCUT2D eigenvalue weighted by atomic mass is 79.9. The van der Waals surface area contributed by atoms with E-state index in [4.69, 9.17) is 0 Å². The van der Waals surface area contributed by atoms with Crippen molar-refractivity contribution < 1.29 is 0 Å². The molecule has 1 saturated heterocycles. The van der Waals surface area contributed by atoms with Gasteiger partial charge in [0.05, 0.1) is 0 Å². The van der Waals surface area contributed by atoms with Gasteiger partial charge in [-0.25, -0.2) is 0 Å². The van der Waals surface area contributed by atoms with Crippen molar-refractivity contribution in [1.29, 1.82) is 0 Å². The van der Waals surface area contributed by atoms with E-state index < -0.39 is 0 Å². The van der Waals surface area contributed by atoms with E-state index in [1.54, 1.807) is 0 Å². The molecular formula is C14H21BrN2.